The van der Waals surface area contributed by atoms with E-state index in [-0.39, 0.29) is 17.9 Å². The molecule has 0 fully saturated rings. The maximum atomic E-state index is 14.4. The summed E-state index contributed by atoms with van der Waals surface area (Å²) >= 11 is 13.7. The number of amidine groups is 1. The Hall–Kier alpha value is -1.57. The molecule has 29 heavy (non-hydrogen) atoms. The zero-order valence-electron chi connectivity index (χ0n) is 17.4. The van der Waals surface area contributed by atoms with Gasteiger partial charge in [-0.25, -0.2) is 14.4 Å². The molecule has 1 rings (SSSR count). The minimum atomic E-state index is -1.60. The Morgan fingerprint density at radius 2 is 1.97 bits per heavy atom. The Kier molecular flexibility index (Phi) is 10.2. The van der Waals surface area contributed by atoms with E-state index in [9.17, 15) is 9.18 Å². The number of nitrogens with zero attached hydrogens (tertiary/aromatic N) is 2. The lowest BCUT2D eigenvalue weighted by atomic mass is 10.1. The zero-order valence-corrected chi connectivity index (χ0v) is 19.8. The Balaban J connectivity index is 3.04. The van der Waals surface area contributed by atoms with E-state index >= 15 is 0 Å². The molecule has 0 aliphatic heterocycles. The second kappa shape index (κ2) is 11.6. The van der Waals surface area contributed by atoms with Crippen molar-refractivity contribution in [3.63, 3.8) is 0 Å². The molecule has 0 radical (unpaired) electrons. The highest BCUT2D eigenvalue weighted by atomic mass is 35.5. The number of thioether (sulfide) groups is 1. The van der Waals surface area contributed by atoms with Crippen LogP contribution in [0.3, 0.4) is 0 Å². The molecule has 0 saturated carbocycles. The third-order valence-electron chi connectivity index (χ3n) is 3.52. The summed E-state index contributed by atoms with van der Waals surface area (Å²) in [6, 6.07) is 5.10. The number of carbonyl (C=O) groups is 1. The van der Waals surface area contributed by atoms with Gasteiger partial charge < -0.3 is 10.6 Å². The molecule has 1 atom stereocenters. The van der Waals surface area contributed by atoms with Crippen LogP contribution >= 0.6 is 35.0 Å². The van der Waals surface area contributed by atoms with Crippen LogP contribution in [0.25, 0.3) is 0 Å². The number of alkyl halides is 1. The van der Waals surface area contributed by atoms with Crippen molar-refractivity contribution in [1.29, 1.82) is 0 Å². The maximum Gasteiger partial charge on any atom is 0.224 e. The van der Waals surface area contributed by atoms with E-state index in [1.165, 1.54) is 32.5 Å². The average Bonchev–Trinajstić information content (AvgIpc) is 2.58. The standard InChI is InChI=1S/C20H27Cl2FN4OS/c1-7-18(20(5,6)23)27-19(26-13(3)25-14(4)28)24-12(2)11-29-17-10-15(21)8-9-16(17)22/h7-10,12H,11H2,1-6H3,(H2,24,25,26,27,28)/b18-7-. The topological polar surface area (TPSA) is 65.8 Å². The quantitative estimate of drug-likeness (QED) is 0.328. The molecule has 0 spiro atoms. The molecule has 1 aromatic carbocycles. The van der Waals surface area contributed by atoms with Crippen molar-refractivity contribution in [3.05, 3.63) is 40.0 Å². The van der Waals surface area contributed by atoms with E-state index in [4.69, 9.17) is 23.2 Å². The van der Waals surface area contributed by atoms with Gasteiger partial charge in [-0.3, -0.25) is 4.79 Å². The highest BCUT2D eigenvalue weighted by Crippen LogP contribution is 2.30. The van der Waals surface area contributed by atoms with Gasteiger partial charge >= 0.3 is 0 Å². The van der Waals surface area contributed by atoms with E-state index in [1.54, 1.807) is 38.1 Å². The summed E-state index contributed by atoms with van der Waals surface area (Å²) in [6.45, 7) is 9.55. The van der Waals surface area contributed by atoms with Gasteiger partial charge in [0.1, 0.15) is 11.5 Å². The summed E-state index contributed by atoms with van der Waals surface area (Å²) in [4.78, 5) is 21.0. The summed E-state index contributed by atoms with van der Waals surface area (Å²) in [5.74, 6) is 0.917. The molecule has 0 heterocycles. The number of hydrogen-bond donors (Lipinski definition) is 2. The number of rotatable bonds is 6. The largest absolute Gasteiger partial charge is 0.325 e. The van der Waals surface area contributed by atoms with Crippen LogP contribution in [0.15, 0.2) is 44.9 Å². The molecule has 5 nitrogen and oxygen atoms in total. The van der Waals surface area contributed by atoms with Gasteiger partial charge in [-0.15, -0.1) is 11.8 Å². The molecule has 1 amide bonds. The summed E-state index contributed by atoms with van der Waals surface area (Å²) in [6.07, 6.45) is 1.63. The Labute approximate surface area is 186 Å². The van der Waals surface area contributed by atoms with Gasteiger partial charge in [0.25, 0.3) is 0 Å². The molecule has 1 unspecified atom stereocenters. The molecule has 0 saturated heterocycles. The lowest BCUT2D eigenvalue weighted by Gasteiger charge is -2.21. The fourth-order valence-electron chi connectivity index (χ4n) is 2.26. The third kappa shape index (κ3) is 9.65. The third-order valence-corrected chi connectivity index (χ3v) is 5.50. The van der Waals surface area contributed by atoms with Gasteiger partial charge in [0.15, 0.2) is 0 Å². The van der Waals surface area contributed by atoms with Crippen molar-refractivity contribution < 1.29 is 9.18 Å². The fourth-order valence-corrected chi connectivity index (χ4v) is 3.69. The number of benzene rings is 1. The van der Waals surface area contributed by atoms with Crippen molar-refractivity contribution in [2.24, 2.45) is 9.98 Å². The van der Waals surface area contributed by atoms with Crippen LogP contribution in [0.1, 0.15) is 41.5 Å². The molecular formula is C20H27Cl2FN4OS. The van der Waals surface area contributed by atoms with E-state index in [1.807, 2.05) is 6.92 Å². The summed E-state index contributed by atoms with van der Waals surface area (Å²) in [5, 5.41) is 6.75. The number of guanidine groups is 1. The van der Waals surface area contributed by atoms with E-state index < -0.39 is 5.67 Å². The van der Waals surface area contributed by atoms with Gasteiger partial charge in [-0.05, 0) is 52.8 Å². The minimum absolute atomic E-state index is 0.174. The molecule has 2 N–H and O–H groups in total. The number of carbonyl (C=O) groups excluding carboxylic acids is 1. The number of amides is 1. The lowest BCUT2D eigenvalue weighted by molar-refractivity contribution is -0.117. The van der Waals surface area contributed by atoms with Crippen molar-refractivity contribution in [3.8, 4) is 0 Å². The smallest absolute Gasteiger partial charge is 0.224 e. The first-order valence-corrected chi connectivity index (χ1v) is 10.8. The fraction of sp³-hybridized carbons (Fsp3) is 0.450. The Morgan fingerprint density at radius 3 is 2.52 bits per heavy atom. The first kappa shape index (κ1) is 25.5. The Morgan fingerprint density at radius 1 is 1.31 bits per heavy atom. The van der Waals surface area contributed by atoms with E-state index in [2.05, 4.69) is 20.6 Å². The molecule has 0 aliphatic rings. The van der Waals surface area contributed by atoms with Gasteiger partial charge in [-0.1, -0.05) is 29.3 Å². The maximum absolute atomic E-state index is 14.4. The molecule has 9 heteroatoms. The molecule has 160 valence electrons. The monoisotopic (exact) mass is 460 g/mol. The van der Waals surface area contributed by atoms with Gasteiger partial charge in [0.2, 0.25) is 11.9 Å². The van der Waals surface area contributed by atoms with Crippen molar-refractivity contribution in [1.82, 2.24) is 10.6 Å². The normalized spacial score (nSPS) is 14.6. The SMILES string of the molecule is C/C=C(\NC(=NC(C)CSc1cc(Cl)ccc1Cl)/N=C(\C)NC(C)=O)C(C)(C)F. The van der Waals surface area contributed by atoms with Crippen molar-refractivity contribution in [2.45, 2.75) is 58.1 Å². The molecule has 0 bridgehead atoms. The van der Waals surface area contributed by atoms with Gasteiger partial charge in [0, 0.05) is 22.6 Å². The van der Waals surface area contributed by atoms with E-state index in [0.29, 0.717) is 27.3 Å². The molecule has 0 aromatic heterocycles. The predicted octanol–water partition coefficient (Wildman–Crippen LogP) is 5.63. The lowest BCUT2D eigenvalue weighted by Crippen LogP contribution is -2.35. The number of aliphatic imine (C=N–C) groups is 2. The van der Waals surface area contributed by atoms with Crippen LogP contribution in [0.4, 0.5) is 4.39 Å². The molecule has 0 aliphatic carbocycles. The first-order valence-electron chi connectivity index (χ1n) is 9.03. The number of hydrogen-bond acceptors (Lipinski definition) is 3. The van der Waals surface area contributed by atoms with E-state index in [0.717, 1.165) is 4.90 Å². The van der Waals surface area contributed by atoms with Gasteiger partial charge in [-0.2, -0.15) is 0 Å². The second-order valence-corrected chi connectivity index (χ2v) is 8.77. The average molecular weight is 461 g/mol. The summed E-state index contributed by atoms with van der Waals surface area (Å²) < 4.78 is 14.4. The minimum Gasteiger partial charge on any atom is -0.325 e. The molecular weight excluding hydrogens is 434 g/mol. The van der Waals surface area contributed by atoms with Crippen molar-refractivity contribution >= 4 is 52.7 Å². The van der Waals surface area contributed by atoms with Crippen LogP contribution in [0.5, 0.6) is 0 Å². The second-order valence-electron chi connectivity index (χ2n) is 6.87. The highest BCUT2D eigenvalue weighted by molar-refractivity contribution is 7.99. The summed E-state index contributed by atoms with van der Waals surface area (Å²) in [7, 11) is 0. The van der Waals surface area contributed by atoms with Crippen LogP contribution in [-0.2, 0) is 4.79 Å². The van der Waals surface area contributed by atoms with Crippen molar-refractivity contribution in [2.75, 3.05) is 5.75 Å². The number of nitrogens with one attached hydrogen (secondary N) is 2. The number of halogens is 3. The van der Waals surface area contributed by atoms with Crippen LogP contribution < -0.4 is 10.6 Å². The van der Waals surface area contributed by atoms with Crippen LogP contribution in [-0.4, -0.2) is 35.2 Å². The predicted molar refractivity (Wildman–Crippen MR) is 123 cm³/mol. The zero-order chi connectivity index (χ0) is 22.2. The first-order chi connectivity index (χ1) is 13.4. The van der Waals surface area contributed by atoms with Crippen LogP contribution in [0.2, 0.25) is 10.0 Å². The molecule has 1 aromatic rings. The summed E-state index contributed by atoms with van der Waals surface area (Å²) in [5.41, 5.74) is -1.27. The number of allylic oxidation sites excluding steroid dienone is 2. The van der Waals surface area contributed by atoms with Crippen LogP contribution in [0, 0.1) is 0 Å². The van der Waals surface area contributed by atoms with Gasteiger partial charge in [0.05, 0.1) is 16.8 Å². The highest BCUT2D eigenvalue weighted by Gasteiger charge is 2.23. The Bertz CT molecular complexity index is 819.